The number of hydrogen-bond acceptors (Lipinski definition) is 4. The number of allylic oxidation sites excluding steroid dienone is 1. The maximum atomic E-state index is 12.9. The summed E-state index contributed by atoms with van der Waals surface area (Å²) in [6.07, 6.45) is 1.34. The molecular formula is C20H16F4N4O. The number of carbonyl (C=O) groups is 1. The summed E-state index contributed by atoms with van der Waals surface area (Å²) in [7, 11) is 0. The van der Waals surface area contributed by atoms with Gasteiger partial charge in [-0.25, -0.2) is 4.39 Å². The van der Waals surface area contributed by atoms with Crippen molar-refractivity contribution >= 4 is 11.6 Å². The largest absolute Gasteiger partial charge is 0.433 e. The van der Waals surface area contributed by atoms with E-state index in [9.17, 15) is 22.4 Å². The van der Waals surface area contributed by atoms with E-state index in [0.717, 1.165) is 12.3 Å². The van der Waals surface area contributed by atoms with Crippen molar-refractivity contribution in [2.24, 2.45) is 0 Å². The number of aromatic nitrogens is 1. The molecule has 0 radical (unpaired) electrons. The Balaban J connectivity index is 1.65. The first-order valence-corrected chi connectivity index (χ1v) is 8.42. The zero-order chi connectivity index (χ0) is 21.0. The molecule has 0 atom stereocenters. The Bertz CT molecular complexity index is 963. The minimum atomic E-state index is -4.50. The molecule has 0 fully saturated rings. The fourth-order valence-electron chi connectivity index (χ4n) is 2.47. The quantitative estimate of drug-likeness (QED) is 0.581. The van der Waals surface area contributed by atoms with E-state index in [-0.39, 0.29) is 6.54 Å². The molecule has 0 aliphatic carbocycles. The number of hydrazine groups is 1. The molecule has 2 aromatic rings. The monoisotopic (exact) mass is 404 g/mol. The van der Waals surface area contributed by atoms with Gasteiger partial charge in [-0.05, 0) is 48.0 Å². The molecule has 0 unspecified atom stereocenters. The fourth-order valence-corrected chi connectivity index (χ4v) is 2.47. The Morgan fingerprint density at radius 3 is 2.45 bits per heavy atom. The van der Waals surface area contributed by atoms with E-state index in [2.05, 4.69) is 22.4 Å². The van der Waals surface area contributed by atoms with Gasteiger partial charge >= 0.3 is 6.18 Å². The van der Waals surface area contributed by atoms with Gasteiger partial charge < -0.3 is 4.90 Å². The van der Waals surface area contributed by atoms with Crippen molar-refractivity contribution in [1.29, 1.82) is 0 Å². The number of nitrogens with one attached hydrogen (secondary N) is 2. The van der Waals surface area contributed by atoms with Crippen LogP contribution in [-0.4, -0.2) is 15.8 Å². The Morgan fingerprint density at radius 2 is 1.83 bits per heavy atom. The average Bonchev–Trinajstić information content (AvgIpc) is 2.69. The number of pyridine rings is 1. The highest BCUT2D eigenvalue weighted by molar-refractivity contribution is 5.97. The minimum absolute atomic E-state index is 0.191. The molecule has 1 aromatic carbocycles. The first kappa shape index (κ1) is 20.1. The molecule has 0 spiro atoms. The van der Waals surface area contributed by atoms with Crippen LogP contribution in [-0.2, 0) is 17.5 Å². The van der Waals surface area contributed by atoms with E-state index in [4.69, 9.17) is 0 Å². The lowest BCUT2D eigenvalue weighted by atomic mass is 10.1. The second kappa shape index (κ2) is 8.17. The van der Waals surface area contributed by atoms with Crippen molar-refractivity contribution in [2.45, 2.75) is 12.7 Å². The van der Waals surface area contributed by atoms with Crippen LogP contribution in [0, 0.1) is 5.82 Å². The fraction of sp³-hybridized carbons (Fsp3) is 0.100. The highest BCUT2D eigenvalue weighted by Crippen LogP contribution is 2.27. The lowest BCUT2D eigenvalue weighted by Gasteiger charge is -2.25. The smallest absolute Gasteiger partial charge is 0.343 e. The molecule has 29 heavy (non-hydrogen) atoms. The van der Waals surface area contributed by atoms with Gasteiger partial charge in [0.1, 0.15) is 11.5 Å². The highest BCUT2D eigenvalue weighted by Gasteiger charge is 2.32. The molecule has 2 N–H and O–H groups in total. The summed E-state index contributed by atoms with van der Waals surface area (Å²) in [5.41, 5.74) is 6.06. The van der Waals surface area contributed by atoms with Crippen LogP contribution in [0.4, 0.5) is 23.2 Å². The van der Waals surface area contributed by atoms with Crippen LogP contribution in [0.5, 0.6) is 0 Å². The molecule has 3 rings (SSSR count). The van der Waals surface area contributed by atoms with Gasteiger partial charge in [-0.3, -0.25) is 20.6 Å². The number of halogens is 4. The van der Waals surface area contributed by atoms with Gasteiger partial charge in [-0.2, -0.15) is 13.2 Å². The van der Waals surface area contributed by atoms with Gasteiger partial charge in [0, 0.05) is 24.6 Å². The number of anilines is 1. The molecule has 5 nitrogen and oxygen atoms in total. The molecule has 1 amide bonds. The third kappa shape index (κ3) is 5.22. The topological polar surface area (TPSA) is 57.3 Å². The molecule has 1 aromatic heterocycles. The lowest BCUT2D eigenvalue weighted by Crippen LogP contribution is -2.32. The standard InChI is InChI=1S/C20H16F4N4O/c1-13-2-4-15(19(29)27-26-17-7-5-16(21)6-8-17)12-28(13)11-14-3-9-18(25-10-14)20(22,23)24/h2-10,12,26H,1,11H2,(H,27,29). The number of hydrogen-bond donors (Lipinski definition) is 2. The van der Waals surface area contributed by atoms with Gasteiger partial charge in [0.15, 0.2) is 0 Å². The van der Waals surface area contributed by atoms with Gasteiger partial charge in [0.25, 0.3) is 5.91 Å². The first-order valence-electron chi connectivity index (χ1n) is 8.42. The Kier molecular flexibility index (Phi) is 5.67. The lowest BCUT2D eigenvalue weighted by molar-refractivity contribution is -0.141. The van der Waals surface area contributed by atoms with Crippen molar-refractivity contribution in [3.8, 4) is 0 Å². The molecular weight excluding hydrogens is 388 g/mol. The third-order valence-corrected chi connectivity index (χ3v) is 4.01. The zero-order valence-corrected chi connectivity index (χ0v) is 15.0. The van der Waals surface area contributed by atoms with E-state index >= 15 is 0 Å². The second-order valence-corrected chi connectivity index (χ2v) is 6.17. The van der Waals surface area contributed by atoms with Crippen LogP contribution >= 0.6 is 0 Å². The molecule has 9 heteroatoms. The average molecular weight is 404 g/mol. The Labute approximate surface area is 164 Å². The summed E-state index contributed by atoms with van der Waals surface area (Å²) in [5.74, 6) is -0.847. The maximum absolute atomic E-state index is 12.9. The van der Waals surface area contributed by atoms with Gasteiger partial charge in [-0.15, -0.1) is 0 Å². The summed E-state index contributed by atoms with van der Waals surface area (Å²) >= 11 is 0. The number of benzene rings is 1. The number of alkyl halides is 3. The third-order valence-electron chi connectivity index (χ3n) is 4.01. The molecule has 1 aliphatic heterocycles. The van der Waals surface area contributed by atoms with Crippen LogP contribution in [0.15, 0.2) is 78.8 Å². The zero-order valence-electron chi connectivity index (χ0n) is 15.0. The van der Waals surface area contributed by atoms with Crippen molar-refractivity contribution in [3.63, 3.8) is 0 Å². The van der Waals surface area contributed by atoms with Gasteiger partial charge in [0.2, 0.25) is 0 Å². The molecule has 2 heterocycles. The first-order chi connectivity index (χ1) is 13.7. The summed E-state index contributed by atoms with van der Waals surface area (Å²) in [4.78, 5) is 17.4. The highest BCUT2D eigenvalue weighted by atomic mass is 19.4. The normalized spacial score (nSPS) is 13.9. The Morgan fingerprint density at radius 1 is 1.10 bits per heavy atom. The number of rotatable bonds is 5. The van der Waals surface area contributed by atoms with Crippen molar-refractivity contribution < 1.29 is 22.4 Å². The summed E-state index contributed by atoms with van der Waals surface area (Å²) in [6.45, 7) is 4.05. The summed E-state index contributed by atoms with van der Waals surface area (Å²) in [5, 5.41) is 0. The molecule has 0 saturated carbocycles. The molecule has 0 bridgehead atoms. The van der Waals surface area contributed by atoms with E-state index in [1.165, 1.54) is 36.5 Å². The predicted molar refractivity (Wildman–Crippen MR) is 99.3 cm³/mol. The Hall–Kier alpha value is -3.62. The van der Waals surface area contributed by atoms with Crippen LogP contribution in [0.25, 0.3) is 0 Å². The number of carbonyl (C=O) groups excluding carboxylic acids is 1. The predicted octanol–water partition coefficient (Wildman–Crippen LogP) is 4.15. The van der Waals surface area contributed by atoms with Gasteiger partial charge in [-0.1, -0.05) is 12.6 Å². The van der Waals surface area contributed by atoms with Crippen molar-refractivity contribution in [3.05, 3.63) is 95.9 Å². The van der Waals surface area contributed by atoms with Gasteiger partial charge in [0.05, 0.1) is 11.3 Å². The van der Waals surface area contributed by atoms with E-state index < -0.39 is 23.6 Å². The van der Waals surface area contributed by atoms with E-state index in [1.807, 2.05) is 0 Å². The van der Waals surface area contributed by atoms with Crippen LogP contribution < -0.4 is 10.9 Å². The molecule has 1 aliphatic rings. The minimum Gasteiger partial charge on any atom is -0.343 e. The summed E-state index contributed by atoms with van der Waals surface area (Å²) < 4.78 is 50.8. The maximum Gasteiger partial charge on any atom is 0.433 e. The SMILES string of the molecule is C=C1C=CC(C(=O)NNc2ccc(F)cc2)=CN1Cc1ccc(C(F)(F)F)nc1. The van der Waals surface area contributed by atoms with Crippen molar-refractivity contribution in [1.82, 2.24) is 15.3 Å². The van der Waals surface area contributed by atoms with Crippen LogP contribution in [0.2, 0.25) is 0 Å². The van der Waals surface area contributed by atoms with Crippen LogP contribution in [0.1, 0.15) is 11.3 Å². The molecule has 0 saturated heterocycles. The van der Waals surface area contributed by atoms with E-state index in [0.29, 0.717) is 22.5 Å². The number of amides is 1. The van der Waals surface area contributed by atoms with Crippen molar-refractivity contribution in [2.75, 3.05) is 5.43 Å². The second-order valence-electron chi connectivity index (χ2n) is 6.17. The van der Waals surface area contributed by atoms with E-state index in [1.54, 1.807) is 17.1 Å². The van der Waals surface area contributed by atoms with Crippen LogP contribution in [0.3, 0.4) is 0 Å². The summed E-state index contributed by atoms with van der Waals surface area (Å²) in [6, 6.07) is 7.65. The number of nitrogens with zero attached hydrogens (tertiary/aromatic N) is 2. The molecule has 150 valence electrons.